The van der Waals surface area contributed by atoms with Crippen LogP contribution in [0.3, 0.4) is 0 Å². The molecule has 1 heterocycles. The van der Waals surface area contributed by atoms with Crippen LogP contribution in [0.4, 0.5) is 4.39 Å². The van der Waals surface area contributed by atoms with Crippen molar-refractivity contribution in [2.45, 2.75) is 32.5 Å². The molecule has 10 heteroatoms. The molecule has 1 N–H and O–H groups in total. The second kappa shape index (κ2) is 9.88. The number of hydrogen-bond acceptors (Lipinski definition) is 5. The number of benzene rings is 2. The molecule has 1 aliphatic rings. The molecule has 2 aromatic carbocycles. The average molecular weight is 478 g/mol. The fourth-order valence-corrected chi connectivity index (χ4v) is 4.93. The van der Waals surface area contributed by atoms with Crippen LogP contribution < -0.4 is 10.1 Å². The number of ether oxygens (including phenoxy) is 1. The van der Waals surface area contributed by atoms with Gasteiger partial charge in [-0.15, -0.1) is 0 Å². The fraction of sp³-hybridized carbons (Fsp3) is 0.391. The van der Waals surface area contributed by atoms with Crippen LogP contribution in [0.2, 0.25) is 0 Å². The van der Waals surface area contributed by atoms with Crippen LogP contribution in [0, 0.1) is 5.82 Å². The molecule has 0 aromatic heterocycles. The minimum absolute atomic E-state index is 0.0727. The minimum Gasteiger partial charge on any atom is -0.496 e. The zero-order chi connectivity index (χ0) is 24.2. The summed E-state index contributed by atoms with van der Waals surface area (Å²) >= 11 is 0. The highest BCUT2D eigenvalue weighted by Crippen LogP contribution is 2.29. The lowest BCUT2D eigenvalue weighted by atomic mass is 9.94. The Kier molecular flexibility index (Phi) is 7.38. The average Bonchev–Trinajstić information content (AvgIpc) is 2.80. The highest BCUT2D eigenvalue weighted by Gasteiger charge is 2.49. The van der Waals surface area contributed by atoms with Gasteiger partial charge in [0, 0.05) is 18.7 Å². The predicted molar refractivity (Wildman–Crippen MR) is 121 cm³/mol. The quantitative estimate of drug-likeness (QED) is 0.627. The lowest BCUT2D eigenvalue weighted by molar-refractivity contribution is -0.153. The van der Waals surface area contributed by atoms with Crippen molar-refractivity contribution in [2.24, 2.45) is 0 Å². The molecule has 1 fully saturated rings. The lowest BCUT2D eigenvalue weighted by Crippen LogP contribution is -2.69. The second-order valence-electron chi connectivity index (χ2n) is 8.04. The number of nitrogens with zero attached hydrogens (tertiary/aromatic N) is 2. The molecule has 1 aliphatic heterocycles. The van der Waals surface area contributed by atoms with Crippen LogP contribution in [-0.4, -0.2) is 60.9 Å². The van der Waals surface area contributed by atoms with Crippen LogP contribution in [-0.2, 0) is 32.7 Å². The molecule has 0 bridgehead atoms. The number of methoxy groups -OCH3 is 1. The lowest BCUT2D eigenvalue weighted by Gasteiger charge is -2.46. The number of piperazine rings is 1. The SMILES string of the molecule is CCS(=O)(=O)N1CC(=O)N(Cc2ccccc2OC)C(C)(C(=O)NCc2ccc(F)cc2)C1. The van der Waals surface area contributed by atoms with Gasteiger partial charge >= 0.3 is 0 Å². The van der Waals surface area contributed by atoms with E-state index in [0.717, 1.165) is 4.31 Å². The number of carbonyl (C=O) groups excluding carboxylic acids is 2. The Morgan fingerprint density at radius 2 is 1.85 bits per heavy atom. The van der Waals surface area contributed by atoms with Crippen LogP contribution in [0.1, 0.15) is 25.0 Å². The normalized spacial score (nSPS) is 19.4. The number of halogens is 1. The molecular weight excluding hydrogens is 449 g/mol. The number of nitrogens with one attached hydrogen (secondary N) is 1. The molecule has 2 aromatic rings. The molecule has 8 nitrogen and oxygen atoms in total. The van der Waals surface area contributed by atoms with Gasteiger partial charge in [-0.25, -0.2) is 12.8 Å². The number of sulfonamides is 1. The van der Waals surface area contributed by atoms with Gasteiger partial charge < -0.3 is 15.0 Å². The second-order valence-corrected chi connectivity index (χ2v) is 10.3. The summed E-state index contributed by atoms with van der Waals surface area (Å²) in [4.78, 5) is 27.9. The molecule has 0 aliphatic carbocycles. The summed E-state index contributed by atoms with van der Waals surface area (Å²) in [7, 11) is -2.19. The fourth-order valence-electron chi connectivity index (χ4n) is 3.81. The van der Waals surface area contributed by atoms with E-state index in [4.69, 9.17) is 4.74 Å². The summed E-state index contributed by atoms with van der Waals surface area (Å²) in [5.41, 5.74) is -0.110. The van der Waals surface area contributed by atoms with Crippen molar-refractivity contribution in [3.63, 3.8) is 0 Å². The van der Waals surface area contributed by atoms with E-state index in [1.807, 2.05) is 0 Å². The summed E-state index contributed by atoms with van der Waals surface area (Å²) in [5.74, 6) is -1.00. The van der Waals surface area contributed by atoms with E-state index in [9.17, 15) is 22.4 Å². The summed E-state index contributed by atoms with van der Waals surface area (Å²) in [6.45, 7) is 2.70. The molecule has 2 amide bonds. The predicted octanol–water partition coefficient (Wildman–Crippen LogP) is 1.90. The minimum atomic E-state index is -3.70. The van der Waals surface area contributed by atoms with Crippen LogP contribution in [0.15, 0.2) is 48.5 Å². The van der Waals surface area contributed by atoms with Crippen molar-refractivity contribution in [2.75, 3.05) is 26.0 Å². The number of amides is 2. The number of rotatable bonds is 8. The Balaban J connectivity index is 1.92. The first kappa shape index (κ1) is 24.7. The maximum Gasteiger partial charge on any atom is 0.247 e. The third-order valence-electron chi connectivity index (χ3n) is 5.83. The Bertz CT molecular complexity index is 1120. The number of hydrogen-bond donors (Lipinski definition) is 1. The van der Waals surface area contributed by atoms with E-state index in [-0.39, 0.29) is 31.9 Å². The molecule has 1 atom stereocenters. The smallest absolute Gasteiger partial charge is 0.247 e. The van der Waals surface area contributed by atoms with Crippen molar-refractivity contribution < 1.29 is 27.1 Å². The highest BCUT2D eigenvalue weighted by atomic mass is 32.2. The van der Waals surface area contributed by atoms with Gasteiger partial charge in [0.2, 0.25) is 21.8 Å². The molecule has 33 heavy (non-hydrogen) atoms. The summed E-state index contributed by atoms with van der Waals surface area (Å²) < 4.78 is 44.7. The van der Waals surface area contributed by atoms with Gasteiger partial charge in [-0.1, -0.05) is 30.3 Å². The van der Waals surface area contributed by atoms with Gasteiger partial charge in [0.15, 0.2) is 0 Å². The van der Waals surface area contributed by atoms with E-state index in [2.05, 4.69) is 5.32 Å². The van der Waals surface area contributed by atoms with Gasteiger partial charge in [-0.05, 0) is 37.6 Å². The van der Waals surface area contributed by atoms with E-state index in [1.165, 1.54) is 31.1 Å². The van der Waals surface area contributed by atoms with Crippen LogP contribution in [0.5, 0.6) is 5.75 Å². The van der Waals surface area contributed by atoms with Crippen molar-refractivity contribution >= 4 is 21.8 Å². The Morgan fingerprint density at radius 3 is 2.48 bits per heavy atom. The van der Waals surface area contributed by atoms with Crippen molar-refractivity contribution in [1.82, 2.24) is 14.5 Å². The first-order chi connectivity index (χ1) is 15.6. The third kappa shape index (κ3) is 5.33. The Hall–Kier alpha value is -2.98. The monoisotopic (exact) mass is 477 g/mol. The third-order valence-corrected chi connectivity index (χ3v) is 7.60. The molecule has 1 unspecified atom stereocenters. The zero-order valence-electron chi connectivity index (χ0n) is 18.9. The van der Waals surface area contributed by atoms with Crippen LogP contribution in [0.25, 0.3) is 0 Å². The molecule has 0 spiro atoms. The van der Waals surface area contributed by atoms with E-state index in [1.54, 1.807) is 43.3 Å². The van der Waals surface area contributed by atoms with Crippen molar-refractivity contribution in [1.29, 1.82) is 0 Å². The van der Waals surface area contributed by atoms with Gasteiger partial charge in [0.1, 0.15) is 17.1 Å². The molecule has 0 radical (unpaired) electrons. The Labute approximate surface area is 193 Å². The van der Waals surface area contributed by atoms with Gasteiger partial charge in [-0.2, -0.15) is 4.31 Å². The van der Waals surface area contributed by atoms with E-state index < -0.39 is 33.2 Å². The van der Waals surface area contributed by atoms with E-state index >= 15 is 0 Å². The maximum absolute atomic E-state index is 13.4. The number of para-hydroxylation sites is 1. The first-order valence-electron chi connectivity index (χ1n) is 10.5. The zero-order valence-corrected chi connectivity index (χ0v) is 19.7. The summed E-state index contributed by atoms with van der Waals surface area (Å²) in [6.07, 6.45) is 0. The van der Waals surface area contributed by atoms with Crippen LogP contribution >= 0.6 is 0 Å². The molecule has 178 valence electrons. The standard InChI is InChI=1S/C23H28FN3O5S/c1-4-33(30,31)26-15-21(28)27(14-18-7-5-6-8-20(18)32-3)23(2,16-26)22(29)25-13-17-9-11-19(24)12-10-17/h5-12H,4,13-16H2,1-3H3,(H,25,29). The molecule has 3 rings (SSSR count). The van der Waals surface area contributed by atoms with E-state index in [0.29, 0.717) is 16.9 Å². The largest absolute Gasteiger partial charge is 0.496 e. The first-order valence-corrected chi connectivity index (χ1v) is 12.1. The molecule has 1 saturated heterocycles. The van der Waals surface area contributed by atoms with Gasteiger partial charge in [0.25, 0.3) is 0 Å². The van der Waals surface area contributed by atoms with Gasteiger partial charge in [-0.3, -0.25) is 9.59 Å². The maximum atomic E-state index is 13.4. The number of carbonyl (C=O) groups is 2. The Morgan fingerprint density at radius 1 is 1.18 bits per heavy atom. The highest BCUT2D eigenvalue weighted by molar-refractivity contribution is 7.89. The molecule has 0 saturated carbocycles. The van der Waals surface area contributed by atoms with Crippen molar-refractivity contribution in [3.8, 4) is 5.75 Å². The topological polar surface area (TPSA) is 96.0 Å². The summed E-state index contributed by atoms with van der Waals surface area (Å²) in [5, 5.41) is 2.78. The molecular formula is C23H28FN3O5S. The van der Waals surface area contributed by atoms with Crippen molar-refractivity contribution in [3.05, 3.63) is 65.5 Å². The summed E-state index contributed by atoms with van der Waals surface area (Å²) in [6, 6.07) is 12.8. The van der Waals surface area contributed by atoms with Gasteiger partial charge in [0.05, 0.1) is 26.0 Å².